The highest BCUT2D eigenvalue weighted by molar-refractivity contribution is 6.74. The summed E-state index contributed by atoms with van der Waals surface area (Å²) in [6, 6.07) is 17.9. The maximum Gasteiger partial charge on any atom is 0.250 e. The number of aryl methyl sites for hydroxylation is 1. The van der Waals surface area contributed by atoms with Gasteiger partial charge in [-0.1, -0.05) is 56.7 Å². The Morgan fingerprint density at radius 3 is 1.47 bits per heavy atom. The molecule has 252 valence electrons. The van der Waals surface area contributed by atoms with Crippen LogP contribution in [-0.2, 0) is 9.47 Å². The fraction of sp³-hybridized carbons (Fsp3) is 0.628. The van der Waals surface area contributed by atoms with E-state index in [-0.39, 0.29) is 5.04 Å². The maximum absolute atomic E-state index is 7.01. The zero-order valence-corrected chi connectivity index (χ0v) is 30.9. The van der Waals surface area contributed by atoms with Gasteiger partial charge in [-0.3, -0.25) is 0 Å². The van der Waals surface area contributed by atoms with Crippen LogP contribution in [0.2, 0.25) is 18.1 Å². The Hall–Kier alpha value is -2.46. The summed E-state index contributed by atoms with van der Waals surface area (Å²) in [6.45, 7) is 15.0. The van der Waals surface area contributed by atoms with Crippen LogP contribution in [0.25, 0.3) is 11.5 Å². The van der Waals surface area contributed by atoms with E-state index in [0.29, 0.717) is 36.9 Å². The Kier molecular flexibility index (Phi) is 8.21. The van der Waals surface area contributed by atoms with Crippen LogP contribution in [0.5, 0.6) is 5.75 Å². The second-order valence-corrected chi connectivity index (χ2v) is 22.9. The predicted molar refractivity (Wildman–Crippen MR) is 195 cm³/mol. The number of benzene rings is 2. The molecule has 8 aliphatic rings. The molecule has 2 aromatic carbocycles. The summed E-state index contributed by atoms with van der Waals surface area (Å²) < 4.78 is 20.8. The van der Waals surface area contributed by atoms with Gasteiger partial charge in [0.05, 0.1) is 0 Å². The minimum atomic E-state index is -1.96. The third-order valence-electron chi connectivity index (χ3n) is 13.7. The third kappa shape index (κ3) is 6.15. The molecule has 0 radical (unpaired) electrons. The van der Waals surface area contributed by atoms with E-state index in [1.807, 2.05) is 0 Å². The summed E-state index contributed by atoms with van der Waals surface area (Å²) >= 11 is 0. The second kappa shape index (κ2) is 12.1. The Bertz CT molecular complexity index is 1500. The van der Waals surface area contributed by atoms with Crippen LogP contribution in [0.1, 0.15) is 102 Å². The van der Waals surface area contributed by atoms with Crippen molar-refractivity contribution in [3.8, 4) is 5.75 Å². The molecule has 0 aromatic heterocycles. The Balaban J connectivity index is 1.08. The first kappa shape index (κ1) is 31.8. The number of allylic oxidation sites excluding steroid dienone is 2. The molecule has 4 heteroatoms. The van der Waals surface area contributed by atoms with Crippen LogP contribution in [0.3, 0.4) is 0 Å². The van der Waals surface area contributed by atoms with E-state index < -0.39 is 8.32 Å². The van der Waals surface area contributed by atoms with Crippen molar-refractivity contribution in [2.45, 2.75) is 110 Å². The lowest BCUT2D eigenvalue weighted by atomic mass is 9.54. The van der Waals surface area contributed by atoms with Crippen LogP contribution in [0, 0.1) is 54.3 Å². The van der Waals surface area contributed by atoms with E-state index in [4.69, 9.17) is 13.9 Å². The summed E-state index contributed by atoms with van der Waals surface area (Å²) in [5.74, 6) is 9.78. The largest absolute Gasteiger partial charge is 0.543 e. The zero-order valence-electron chi connectivity index (χ0n) is 29.9. The van der Waals surface area contributed by atoms with Gasteiger partial charge in [-0.05, 0) is 166 Å². The van der Waals surface area contributed by atoms with Crippen LogP contribution in [-0.4, -0.2) is 21.5 Å². The quantitative estimate of drug-likeness (QED) is 0.154. The smallest absolute Gasteiger partial charge is 0.250 e. The lowest BCUT2D eigenvalue weighted by Crippen LogP contribution is -2.43. The first-order chi connectivity index (χ1) is 22.5. The van der Waals surface area contributed by atoms with Crippen molar-refractivity contribution in [3.63, 3.8) is 0 Å². The molecule has 0 N–H and O–H groups in total. The topological polar surface area (TPSA) is 27.7 Å². The molecule has 0 amide bonds. The Labute approximate surface area is 285 Å². The molecule has 0 aliphatic heterocycles. The summed E-state index contributed by atoms with van der Waals surface area (Å²) in [6.07, 6.45) is 13.8. The molecule has 0 unspecified atom stereocenters. The number of ether oxygens (including phenoxy) is 2. The Morgan fingerprint density at radius 1 is 0.617 bits per heavy atom. The summed E-state index contributed by atoms with van der Waals surface area (Å²) in [7, 11) is -1.96. The van der Waals surface area contributed by atoms with Crippen LogP contribution >= 0.6 is 0 Å². The van der Waals surface area contributed by atoms with E-state index in [9.17, 15) is 0 Å². The highest BCUT2D eigenvalue weighted by Gasteiger charge is 2.48. The molecule has 8 aliphatic carbocycles. The standard InChI is InChI=1S/C43H58O3Si/c1-27-9-7-10-32(15-27)41(39-34-18-28-16-29(20-34)21-35(39)19-28)44-13-14-45-42(40-36-22-30-17-31(24-36)25-37(40)23-30)33-11-8-12-38(26-33)46-47(5,6)43(2,3)4/h7-12,15,26,28-31,34-37H,13-14,16-25H2,1-6H3. The van der Waals surface area contributed by atoms with Crippen LogP contribution in [0.4, 0.5) is 0 Å². The highest BCUT2D eigenvalue weighted by atomic mass is 28.4. The van der Waals surface area contributed by atoms with Crippen molar-refractivity contribution < 1.29 is 13.9 Å². The average Bonchev–Trinajstić information content (AvgIpc) is 2.99. The van der Waals surface area contributed by atoms with Gasteiger partial charge in [0.25, 0.3) is 0 Å². The van der Waals surface area contributed by atoms with Gasteiger partial charge in [-0.15, -0.1) is 0 Å². The van der Waals surface area contributed by atoms with Crippen molar-refractivity contribution in [2.24, 2.45) is 47.3 Å². The summed E-state index contributed by atoms with van der Waals surface area (Å²) in [5, 5.41) is 0.153. The minimum absolute atomic E-state index is 0.153. The van der Waals surface area contributed by atoms with Gasteiger partial charge in [-0.25, -0.2) is 0 Å². The van der Waals surface area contributed by atoms with Gasteiger partial charge in [0.1, 0.15) is 30.5 Å². The lowest BCUT2D eigenvalue weighted by Gasteiger charge is -2.52. The fourth-order valence-corrected chi connectivity index (χ4v) is 12.0. The van der Waals surface area contributed by atoms with Crippen molar-refractivity contribution in [2.75, 3.05) is 13.2 Å². The Morgan fingerprint density at radius 2 is 1.04 bits per heavy atom. The van der Waals surface area contributed by atoms with Crippen LogP contribution < -0.4 is 4.43 Å². The van der Waals surface area contributed by atoms with Gasteiger partial charge < -0.3 is 13.9 Å². The second-order valence-electron chi connectivity index (χ2n) is 18.1. The fourth-order valence-electron chi connectivity index (χ4n) is 11.0. The number of rotatable bonds is 9. The van der Waals surface area contributed by atoms with Crippen molar-refractivity contribution in [3.05, 3.63) is 76.4 Å². The predicted octanol–water partition coefficient (Wildman–Crippen LogP) is 11.4. The molecule has 0 saturated heterocycles. The molecule has 0 spiro atoms. The van der Waals surface area contributed by atoms with Gasteiger partial charge in [-0.2, -0.15) is 0 Å². The van der Waals surface area contributed by atoms with Gasteiger partial charge in [0, 0.05) is 11.1 Å². The van der Waals surface area contributed by atoms with Gasteiger partial charge >= 0.3 is 0 Å². The van der Waals surface area contributed by atoms with Gasteiger partial charge in [0.15, 0.2) is 0 Å². The molecular formula is C43H58O3Si. The van der Waals surface area contributed by atoms with E-state index in [1.165, 1.54) is 86.7 Å². The van der Waals surface area contributed by atoms with Gasteiger partial charge in [0.2, 0.25) is 8.32 Å². The molecule has 8 fully saturated rings. The third-order valence-corrected chi connectivity index (χ3v) is 18.1. The molecule has 10 rings (SSSR count). The average molecular weight is 651 g/mol. The minimum Gasteiger partial charge on any atom is -0.543 e. The lowest BCUT2D eigenvalue weighted by molar-refractivity contribution is 0.0629. The molecule has 3 nitrogen and oxygen atoms in total. The molecule has 0 atom stereocenters. The molecule has 8 saturated carbocycles. The van der Waals surface area contributed by atoms with E-state index in [1.54, 1.807) is 11.1 Å². The normalized spacial score (nSPS) is 32.1. The van der Waals surface area contributed by atoms with Crippen LogP contribution in [0.15, 0.2) is 59.7 Å². The first-order valence-electron chi connectivity index (χ1n) is 19.1. The molecule has 47 heavy (non-hydrogen) atoms. The summed E-state index contributed by atoms with van der Waals surface area (Å²) in [4.78, 5) is 0. The maximum atomic E-state index is 7.01. The van der Waals surface area contributed by atoms with E-state index >= 15 is 0 Å². The highest BCUT2D eigenvalue weighted by Crippen LogP contribution is 2.59. The molecular weight excluding hydrogens is 593 g/mol. The number of hydrogen-bond acceptors (Lipinski definition) is 3. The van der Waals surface area contributed by atoms with E-state index in [0.717, 1.165) is 35.2 Å². The molecule has 0 heterocycles. The first-order valence-corrected chi connectivity index (χ1v) is 22.0. The summed E-state index contributed by atoms with van der Waals surface area (Å²) in [5.41, 5.74) is 7.01. The van der Waals surface area contributed by atoms with E-state index in [2.05, 4.69) is 89.3 Å². The van der Waals surface area contributed by atoms with Crippen molar-refractivity contribution >= 4 is 19.8 Å². The zero-order chi connectivity index (χ0) is 32.5. The SMILES string of the molecule is Cc1cccc(C(OCCOC(=C2C3CC4CC(C3)CC2C4)c2cccc(O[Si](C)(C)C(C)(C)C)c2)=C2C3CC4CC(C3)CC2C4)c1. The molecule has 2 aromatic rings. The molecule has 8 bridgehead atoms. The van der Waals surface area contributed by atoms with Crippen molar-refractivity contribution in [1.82, 2.24) is 0 Å². The number of hydrogen-bond donors (Lipinski definition) is 0. The monoisotopic (exact) mass is 650 g/mol. The van der Waals surface area contributed by atoms with Crippen molar-refractivity contribution in [1.29, 1.82) is 0 Å².